The fourth-order valence-corrected chi connectivity index (χ4v) is 3.95. The Bertz CT molecular complexity index is 816. The molecule has 2 rings (SSSR count). The van der Waals surface area contributed by atoms with Crippen molar-refractivity contribution < 1.29 is 29.1 Å². The van der Waals surface area contributed by atoms with E-state index in [1.54, 1.807) is 5.48 Å². The predicted molar refractivity (Wildman–Crippen MR) is 137 cm³/mol. The molecule has 0 bridgehead atoms. The Morgan fingerprint density at radius 1 is 0.972 bits per heavy atom. The van der Waals surface area contributed by atoms with Gasteiger partial charge in [-0.2, -0.15) is 0 Å². The number of esters is 1. The summed E-state index contributed by atoms with van der Waals surface area (Å²) in [5.74, 6) is -0.709. The second-order valence-electron chi connectivity index (χ2n) is 10.4. The van der Waals surface area contributed by atoms with Crippen LogP contribution in [0.2, 0.25) is 0 Å². The average Bonchev–Trinajstić information content (AvgIpc) is 3.34. The van der Waals surface area contributed by atoms with Crippen LogP contribution in [0.15, 0.2) is 24.3 Å². The van der Waals surface area contributed by atoms with Crippen LogP contribution in [0.4, 0.5) is 5.69 Å². The van der Waals surface area contributed by atoms with Gasteiger partial charge in [-0.1, -0.05) is 25.0 Å². The van der Waals surface area contributed by atoms with Gasteiger partial charge in [0.05, 0.1) is 12.2 Å². The first-order valence-corrected chi connectivity index (χ1v) is 13.1. The summed E-state index contributed by atoms with van der Waals surface area (Å²) in [6.07, 6.45) is 7.86. The van der Waals surface area contributed by atoms with Gasteiger partial charge in [0.2, 0.25) is 11.8 Å². The number of hydrogen-bond donors (Lipinski definition) is 4. The molecule has 0 radical (unpaired) electrons. The Balaban J connectivity index is 1.75. The molecule has 36 heavy (non-hydrogen) atoms. The van der Waals surface area contributed by atoms with Crippen LogP contribution in [0.5, 0.6) is 0 Å². The molecule has 1 aliphatic rings. The van der Waals surface area contributed by atoms with Crippen molar-refractivity contribution >= 4 is 23.5 Å². The van der Waals surface area contributed by atoms with E-state index in [0.29, 0.717) is 19.4 Å². The van der Waals surface area contributed by atoms with Crippen molar-refractivity contribution in [2.45, 2.75) is 109 Å². The number of nitrogens with one attached hydrogen (secondary N) is 3. The topological polar surface area (TPSA) is 126 Å². The summed E-state index contributed by atoms with van der Waals surface area (Å²) in [5, 5.41) is 14.6. The fourth-order valence-electron chi connectivity index (χ4n) is 3.95. The maximum Gasteiger partial charge on any atom is 0.325 e. The number of hydrogen-bond acceptors (Lipinski definition) is 7. The molecule has 9 nitrogen and oxygen atoms in total. The molecular formula is C27H43N3O6. The normalized spacial score (nSPS) is 14.9. The van der Waals surface area contributed by atoms with Crippen LogP contribution in [0.3, 0.4) is 0 Å². The Morgan fingerprint density at radius 3 is 2.17 bits per heavy atom. The third-order valence-electron chi connectivity index (χ3n) is 6.03. The van der Waals surface area contributed by atoms with Crippen molar-refractivity contribution in [3.63, 3.8) is 0 Å². The maximum atomic E-state index is 12.8. The number of carbonyl (C=O) groups excluding carboxylic acids is 3. The van der Waals surface area contributed by atoms with Gasteiger partial charge < -0.3 is 14.8 Å². The van der Waals surface area contributed by atoms with Crippen LogP contribution in [-0.4, -0.2) is 47.3 Å². The summed E-state index contributed by atoms with van der Waals surface area (Å²) in [5.41, 5.74) is 2.96. The number of carbonyl (C=O) groups is 3. The van der Waals surface area contributed by atoms with E-state index in [-0.39, 0.29) is 42.5 Å². The molecule has 0 aromatic heterocycles. The zero-order valence-corrected chi connectivity index (χ0v) is 21.9. The Morgan fingerprint density at radius 2 is 1.58 bits per heavy atom. The number of amides is 2. The van der Waals surface area contributed by atoms with Gasteiger partial charge in [-0.15, -0.1) is 0 Å². The van der Waals surface area contributed by atoms with Crippen LogP contribution in [0.25, 0.3) is 0 Å². The molecule has 1 aromatic rings. The van der Waals surface area contributed by atoms with Crippen molar-refractivity contribution in [2.75, 3.05) is 11.9 Å². The van der Waals surface area contributed by atoms with E-state index in [0.717, 1.165) is 56.2 Å². The van der Waals surface area contributed by atoms with E-state index in [9.17, 15) is 14.4 Å². The Labute approximate surface area is 214 Å². The third-order valence-corrected chi connectivity index (χ3v) is 6.03. The van der Waals surface area contributed by atoms with Gasteiger partial charge in [0.25, 0.3) is 0 Å². The van der Waals surface area contributed by atoms with Gasteiger partial charge in [-0.3, -0.25) is 24.9 Å². The van der Waals surface area contributed by atoms with E-state index in [1.165, 1.54) is 0 Å². The van der Waals surface area contributed by atoms with E-state index >= 15 is 0 Å². The van der Waals surface area contributed by atoms with E-state index < -0.39 is 6.04 Å². The first kappa shape index (κ1) is 29.7. The van der Waals surface area contributed by atoms with Crippen molar-refractivity contribution in [2.24, 2.45) is 0 Å². The summed E-state index contributed by atoms with van der Waals surface area (Å²) in [4.78, 5) is 35.9. The van der Waals surface area contributed by atoms with Crippen molar-refractivity contribution in [3.05, 3.63) is 29.8 Å². The lowest BCUT2D eigenvalue weighted by molar-refractivity contribution is -0.154. The van der Waals surface area contributed by atoms with Gasteiger partial charge in [0, 0.05) is 25.1 Å². The highest BCUT2D eigenvalue weighted by atomic mass is 16.6. The van der Waals surface area contributed by atoms with Gasteiger partial charge in [0.1, 0.15) is 12.1 Å². The largest absolute Gasteiger partial charge is 0.461 e. The van der Waals surface area contributed by atoms with Crippen LogP contribution in [-0.2, 0) is 30.4 Å². The van der Waals surface area contributed by atoms with Gasteiger partial charge in [0.15, 0.2) is 0 Å². The minimum atomic E-state index is -0.553. The van der Waals surface area contributed by atoms with Crippen molar-refractivity contribution in [1.82, 2.24) is 10.8 Å². The first-order chi connectivity index (χ1) is 17.2. The van der Waals surface area contributed by atoms with Gasteiger partial charge in [-0.25, -0.2) is 5.48 Å². The molecular weight excluding hydrogens is 462 g/mol. The maximum absolute atomic E-state index is 12.8. The second kappa shape index (κ2) is 15.6. The molecule has 202 valence electrons. The summed E-state index contributed by atoms with van der Waals surface area (Å²) < 4.78 is 11.6. The molecule has 0 aliphatic heterocycles. The second-order valence-corrected chi connectivity index (χ2v) is 10.4. The van der Waals surface area contributed by atoms with E-state index in [1.807, 2.05) is 45.0 Å². The molecule has 4 N–H and O–H groups in total. The lowest BCUT2D eigenvalue weighted by Crippen LogP contribution is -2.44. The number of benzene rings is 1. The summed E-state index contributed by atoms with van der Waals surface area (Å²) in [7, 11) is 0. The molecule has 1 aromatic carbocycles. The molecule has 0 heterocycles. The number of hydroxylamine groups is 1. The molecule has 0 unspecified atom stereocenters. The molecule has 1 fully saturated rings. The SMILES string of the molecule is CC(C)(C)OC[C@H](NCc1ccc(NC(=O)CCCCCCC(=O)NO)cc1)C(=O)OC1CCCC1. The van der Waals surface area contributed by atoms with Crippen LogP contribution < -0.4 is 16.1 Å². The van der Waals surface area contributed by atoms with Crippen molar-refractivity contribution in [3.8, 4) is 0 Å². The molecule has 0 spiro atoms. The molecule has 1 saturated carbocycles. The average molecular weight is 506 g/mol. The molecule has 1 atom stereocenters. The Kier molecular flexibility index (Phi) is 12.9. The number of ether oxygens (including phenoxy) is 2. The molecule has 2 amide bonds. The number of anilines is 1. The minimum absolute atomic E-state index is 0.00657. The number of unbranched alkanes of at least 4 members (excludes halogenated alkanes) is 3. The number of rotatable bonds is 15. The van der Waals surface area contributed by atoms with E-state index in [2.05, 4.69) is 10.6 Å². The van der Waals surface area contributed by atoms with Gasteiger partial charge in [-0.05, 0) is 77.0 Å². The zero-order valence-electron chi connectivity index (χ0n) is 21.9. The van der Waals surface area contributed by atoms with Crippen molar-refractivity contribution in [1.29, 1.82) is 0 Å². The van der Waals surface area contributed by atoms with Crippen LogP contribution in [0.1, 0.15) is 90.5 Å². The molecule has 1 aliphatic carbocycles. The quantitative estimate of drug-likeness (QED) is 0.122. The lowest BCUT2D eigenvalue weighted by Gasteiger charge is -2.25. The lowest BCUT2D eigenvalue weighted by atomic mass is 10.1. The fraction of sp³-hybridized carbons (Fsp3) is 0.667. The van der Waals surface area contributed by atoms with Gasteiger partial charge >= 0.3 is 5.97 Å². The Hall–Kier alpha value is -2.49. The summed E-state index contributed by atoms with van der Waals surface area (Å²) in [6, 6.07) is 6.97. The molecule has 9 heteroatoms. The highest BCUT2D eigenvalue weighted by Crippen LogP contribution is 2.22. The summed E-state index contributed by atoms with van der Waals surface area (Å²) >= 11 is 0. The smallest absolute Gasteiger partial charge is 0.325 e. The van der Waals surface area contributed by atoms with Crippen LogP contribution >= 0.6 is 0 Å². The minimum Gasteiger partial charge on any atom is -0.461 e. The standard InChI is InChI=1S/C27H43N3O6/c1-27(2,3)35-19-23(26(33)36-22-10-8-9-11-22)28-18-20-14-16-21(17-15-20)29-24(31)12-6-4-5-7-13-25(32)30-34/h14-17,22-23,28,34H,4-13,18-19H2,1-3H3,(H,29,31)(H,30,32)/t23-/m0/s1. The first-order valence-electron chi connectivity index (χ1n) is 13.1. The zero-order chi connectivity index (χ0) is 26.4. The summed E-state index contributed by atoms with van der Waals surface area (Å²) in [6.45, 7) is 6.58. The highest BCUT2D eigenvalue weighted by molar-refractivity contribution is 5.90. The highest BCUT2D eigenvalue weighted by Gasteiger charge is 2.27. The molecule has 0 saturated heterocycles. The third kappa shape index (κ3) is 12.5. The van der Waals surface area contributed by atoms with E-state index in [4.69, 9.17) is 14.7 Å². The van der Waals surface area contributed by atoms with Crippen LogP contribution in [0, 0.1) is 0 Å². The predicted octanol–water partition coefficient (Wildman–Crippen LogP) is 4.23. The monoisotopic (exact) mass is 505 g/mol.